The van der Waals surface area contributed by atoms with Crippen LogP contribution in [0.1, 0.15) is 68.7 Å². The van der Waals surface area contributed by atoms with Gasteiger partial charge in [-0.2, -0.15) is 0 Å². The second-order valence-electron chi connectivity index (χ2n) is 9.81. The minimum atomic E-state index is 0.546. The first-order valence-electron chi connectivity index (χ1n) is 10.6. The summed E-state index contributed by atoms with van der Waals surface area (Å²) in [5.41, 5.74) is 5.05. The van der Waals surface area contributed by atoms with Gasteiger partial charge in [0.05, 0.1) is 0 Å². The van der Waals surface area contributed by atoms with E-state index in [4.69, 9.17) is 0 Å². The fraction of sp³-hybridized carbons (Fsp3) is 0.652. The predicted octanol–water partition coefficient (Wildman–Crippen LogP) is 5.35. The van der Waals surface area contributed by atoms with Crippen LogP contribution in [0.2, 0.25) is 0 Å². The molecular formula is C23H30N2. The van der Waals surface area contributed by atoms with Gasteiger partial charge >= 0.3 is 0 Å². The molecule has 1 atom stereocenters. The summed E-state index contributed by atoms with van der Waals surface area (Å²) >= 11 is 0. The maximum absolute atomic E-state index is 4.06. The molecule has 25 heavy (non-hydrogen) atoms. The zero-order valence-electron chi connectivity index (χ0n) is 15.2. The van der Waals surface area contributed by atoms with Crippen LogP contribution in [-0.4, -0.2) is 11.5 Å². The molecular weight excluding hydrogens is 304 g/mol. The molecule has 4 bridgehead atoms. The van der Waals surface area contributed by atoms with Gasteiger partial charge in [-0.05, 0) is 92.6 Å². The van der Waals surface area contributed by atoms with Crippen LogP contribution in [0.3, 0.4) is 0 Å². The Morgan fingerprint density at radius 3 is 2.48 bits per heavy atom. The van der Waals surface area contributed by atoms with Crippen molar-refractivity contribution >= 4 is 10.9 Å². The molecule has 1 unspecified atom stereocenters. The first-order chi connectivity index (χ1) is 12.3. The molecule has 2 heteroatoms. The molecule has 1 aromatic heterocycles. The standard InChI is InChI=1S/C23H30N2/c1-2-6-20-18(4-1)19-5-3-7-21(22(19)25-20)24-14-23-11-15-8-16(12-23)10-17(9-15)13-23/h1-2,4,6,15-17,21,24-25H,3,5,7-14H2. The molecule has 2 N–H and O–H groups in total. The van der Waals surface area contributed by atoms with Gasteiger partial charge < -0.3 is 10.3 Å². The number of aromatic nitrogens is 1. The SMILES string of the molecule is c1ccc2c3c([nH]c2c1)C(NCC12CC4CC(CC(C4)C1)C2)CCC3. The summed E-state index contributed by atoms with van der Waals surface area (Å²) < 4.78 is 0. The first-order valence-corrected chi connectivity index (χ1v) is 10.6. The van der Waals surface area contributed by atoms with Crippen molar-refractivity contribution in [3.05, 3.63) is 35.5 Å². The van der Waals surface area contributed by atoms with Crippen molar-refractivity contribution in [2.75, 3.05) is 6.54 Å². The molecule has 4 fully saturated rings. The molecule has 7 rings (SSSR count). The summed E-state index contributed by atoms with van der Waals surface area (Å²) in [5.74, 6) is 3.18. The Hall–Kier alpha value is -1.28. The summed E-state index contributed by atoms with van der Waals surface area (Å²) in [6.07, 6.45) is 13.1. The molecule has 0 saturated heterocycles. The van der Waals surface area contributed by atoms with E-state index in [2.05, 4.69) is 34.6 Å². The number of hydrogen-bond acceptors (Lipinski definition) is 1. The Morgan fingerprint density at radius 1 is 1.00 bits per heavy atom. The van der Waals surface area contributed by atoms with Crippen LogP contribution in [0.4, 0.5) is 0 Å². The highest BCUT2D eigenvalue weighted by Gasteiger charge is 2.50. The topological polar surface area (TPSA) is 27.8 Å². The second kappa shape index (κ2) is 5.36. The van der Waals surface area contributed by atoms with Gasteiger partial charge in [0.2, 0.25) is 0 Å². The van der Waals surface area contributed by atoms with E-state index in [-0.39, 0.29) is 0 Å². The molecule has 5 aliphatic carbocycles. The number of para-hydroxylation sites is 1. The Bertz CT molecular complexity index is 766. The third-order valence-corrected chi connectivity index (χ3v) is 8.00. The summed E-state index contributed by atoms with van der Waals surface area (Å²) in [6.45, 7) is 1.26. The molecule has 1 heterocycles. The highest BCUT2D eigenvalue weighted by atomic mass is 15.0. The third kappa shape index (κ3) is 2.33. The lowest BCUT2D eigenvalue weighted by atomic mass is 9.49. The number of nitrogens with one attached hydrogen (secondary N) is 2. The van der Waals surface area contributed by atoms with E-state index in [1.165, 1.54) is 61.7 Å². The summed E-state index contributed by atoms with van der Waals surface area (Å²) in [4.78, 5) is 3.76. The second-order valence-corrected chi connectivity index (χ2v) is 9.81. The highest BCUT2D eigenvalue weighted by molar-refractivity contribution is 5.85. The Morgan fingerprint density at radius 2 is 1.72 bits per heavy atom. The predicted molar refractivity (Wildman–Crippen MR) is 103 cm³/mol. The number of aromatic amines is 1. The van der Waals surface area contributed by atoms with Gasteiger partial charge in [0.15, 0.2) is 0 Å². The lowest BCUT2D eigenvalue weighted by Gasteiger charge is -2.57. The zero-order valence-corrected chi connectivity index (χ0v) is 15.2. The van der Waals surface area contributed by atoms with Crippen LogP contribution in [0.15, 0.2) is 24.3 Å². The number of aryl methyl sites for hydroxylation is 1. The first kappa shape index (κ1) is 14.8. The summed E-state index contributed by atoms with van der Waals surface area (Å²) in [5, 5.41) is 5.52. The molecule has 0 aliphatic heterocycles. The average Bonchev–Trinajstić information content (AvgIpc) is 2.98. The molecule has 0 amide bonds. The minimum Gasteiger partial charge on any atom is -0.357 e. The maximum atomic E-state index is 4.06. The molecule has 0 spiro atoms. The summed E-state index contributed by atoms with van der Waals surface area (Å²) in [7, 11) is 0. The van der Waals surface area contributed by atoms with E-state index in [9.17, 15) is 0 Å². The lowest BCUT2D eigenvalue weighted by Crippen LogP contribution is -2.51. The number of hydrogen-bond donors (Lipinski definition) is 2. The van der Waals surface area contributed by atoms with Crippen LogP contribution in [0, 0.1) is 23.2 Å². The van der Waals surface area contributed by atoms with Crippen molar-refractivity contribution in [1.82, 2.24) is 10.3 Å². The van der Waals surface area contributed by atoms with E-state index in [1.807, 2.05) is 0 Å². The Balaban J connectivity index is 1.25. The summed E-state index contributed by atoms with van der Waals surface area (Å²) in [6, 6.07) is 9.42. The zero-order chi connectivity index (χ0) is 16.4. The molecule has 2 aromatic rings. The lowest BCUT2D eigenvalue weighted by molar-refractivity contribution is -0.0527. The molecule has 132 valence electrons. The monoisotopic (exact) mass is 334 g/mol. The average molecular weight is 335 g/mol. The van der Waals surface area contributed by atoms with E-state index in [0.717, 1.165) is 17.8 Å². The molecule has 0 radical (unpaired) electrons. The van der Waals surface area contributed by atoms with E-state index >= 15 is 0 Å². The van der Waals surface area contributed by atoms with E-state index < -0.39 is 0 Å². The maximum Gasteiger partial charge on any atom is 0.0476 e. The smallest absolute Gasteiger partial charge is 0.0476 e. The number of rotatable bonds is 3. The number of fused-ring (bicyclic) bond motifs is 3. The van der Waals surface area contributed by atoms with Crippen molar-refractivity contribution in [3.63, 3.8) is 0 Å². The molecule has 4 saturated carbocycles. The Labute approximate surface area is 150 Å². The van der Waals surface area contributed by atoms with Crippen molar-refractivity contribution in [2.24, 2.45) is 23.2 Å². The number of H-pyrrole nitrogens is 1. The van der Waals surface area contributed by atoms with Gasteiger partial charge in [-0.15, -0.1) is 0 Å². The van der Waals surface area contributed by atoms with Crippen molar-refractivity contribution in [2.45, 2.75) is 63.8 Å². The van der Waals surface area contributed by atoms with Gasteiger partial charge in [-0.25, -0.2) is 0 Å². The van der Waals surface area contributed by atoms with Gasteiger partial charge in [-0.1, -0.05) is 18.2 Å². The molecule has 1 aromatic carbocycles. The normalized spacial score (nSPS) is 39.0. The molecule has 5 aliphatic rings. The van der Waals surface area contributed by atoms with Gasteiger partial charge in [0.25, 0.3) is 0 Å². The van der Waals surface area contributed by atoms with Crippen molar-refractivity contribution in [3.8, 4) is 0 Å². The van der Waals surface area contributed by atoms with E-state index in [0.29, 0.717) is 11.5 Å². The third-order valence-electron chi connectivity index (χ3n) is 8.00. The van der Waals surface area contributed by atoms with E-state index in [1.54, 1.807) is 24.8 Å². The highest BCUT2D eigenvalue weighted by Crippen LogP contribution is 2.59. The largest absolute Gasteiger partial charge is 0.357 e. The van der Waals surface area contributed by atoms with Gasteiger partial charge in [0, 0.05) is 29.2 Å². The van der Waals surface area contributed by atoms with Crippen molar-refractivity contribution in [1.29, 1.82) is 0 Å². The Kier molecular flexibility index (Phi) is 3.18. The van der Waals surface area contributed by atoms with Crippen LogP contribution >= 0.6 is 0 Å². The van der Waals surface area contributed by atoms with Gasteiger partial charge in [0.1, 0.15) is 0 Å². The van der Waals surface area contributed by atoms with Crippen LogP contribution in [0.25, 0.3) is 10.9 Å². The van der Waals surface area contributed by atoms with Gasteiger partial charge in [-0.3, -0.25) is 0 Å². The van der Waals surface area contributed by atoms with Crippen LogP contribution in [-0.2, 0) is 6.42 Å². The fourth-order valence-electron chi connectivity index (χ4n) is 7.47. The number of benzene rings is 1. The van der Waals surface area contributed by atoms with Crippen molar-refractivity contribution < 1.29 is 0 Å². The quantitative estimate of drug-likeness (QED) is 0.778. The molecule has 2 nitrogen and oxygen atoms in total. The minimum absolute atomic E-state index is 0.546. The van der Waals surface area contributed by atoms with Crippen LogP contribution < -0.4 is 5.32 Å². The fourth-order valence-corrected chi connectivity index (χ4v) is 7.47. The van der Waals surface area contributed by atoms with Crippen LogP contribution in [0.5, 0.6) is 0 Å².